The molecule has 94 valence electrons. The lowest BCUT2D eigenvalue weighted by Gasteiger charge is -2.17. The summed E-state index contributed by atoms with van der Waals surface area (Å²) in [5.41, 5.74) is 11.4. The number of furan rings is 1. The zero-order chi connectivity index (χ0) is 13.1. The molecule has 2 aromatic heterocycles. The second-order valence-electron chi connectivity index (χ2n) is 3.93. The summed E-state index contributed by atoms with van der Waals surface area (Å²) >= 11 is 0. The summed E-state index contributed by atoms with van der Waals surface area (Å²) in [7, 11) is 1.84. The standard InChI is InChI=1S/C12H14N4O2/c1-16(7-8-3-2-4-18-8)11-5-9(12(14)17)10(13)6-15-11/h2-6H,7,13H2,1H3,(H2,14,17). The fraction of sp³-hybridized carbons (Fsp3) is 0.167. The molecule has 2 heterocycles. The number of rotatable bonds is 4. The molecular formula is C12H14N4O2. The van der Waals surface area contributed by atoms with Gasteiger partial charge in [-0.1, -0.05) is 0 Å². The molecule has 18 heavy (non-hydrogen) atoms. The molecule has 0 fully saturated rings. The maximum atomic E-state index is 11.2. The molecule has 0 unspecified atom stereocenters. The van der Waals surface area contributed by atoms with Crippen LogP contribution >= 0.6 is 0 Å². The highest BCUT2D eigenvalue weighted by Crippen LogP contribution is 2.18. The number of hydrogen-bond donors (Lipinski definition) is 2. The van der Waals surface area contributed by atoms with Crippen LogP contribution in [0.1, 0.15) is 16.1 Å². The second-order valence-corrected chi connectivity index (χ2v) is 3.93. The Labute approximate surface area is 104 Å². The maximum Gasteiger partial charge on any atom is 0.250 e. The Kier molecular flexibility index (Phi) is 3.18. The van der Waals surface area contributed by atoms with E-state index in [-0.39, 0.29) is 11.3 Å². The van der Waals surface area contributed by atoms with Gasteiger partial charge in [0.05, 0.1) is 30.3 Å². The third-order valence-corrected chi connectivity index (χ3v) is 2.55. The third kappa shape index (κ3) is 2.42. The van der Waals surface area contributed by atoms with E-state index in [4.69, 9.17) is 15.9 Å². The minimum atomic E-state index is -0.567. The first-order valence-electron chi connectivity index (χ1n) is 5.37. The first-order valence-corrected chi connectivity index (χ1v) is 5.37. The third-order valence-electron chi connectivity index (χ3n) is 2.55. The number of hydrogen-bond acceptors (Lipinski definition) is 5. The average Bonchev–Trinajstić information content (AvgIpc) is 2.81. The van der Waals surface area contributed by atoms with Crippen LogP contribution in [0.25, 0.3) is 0 Å². The van der Waals surface area contributed by atoms with Gasteiger partial charge in [0, 0.05) is 7.05 Å². The number of carbonyl (C=O) groups is 1. The molecule has 0 saturated heterocycles. The lowest BCUT2D eigenvalue weighted by atomic mass is 10.2. The molecule has 0 bridgehead atoms. The van der Waals surface area contributed by atoms with Gasteiger partial charge < -0.3 is 20.8 Å². The Morgan fingerprint density at radius 3 is 2.94 bits per heavy atom. The molecule has 0 aliphatic rings. The summed E-state index contributed by atoms with van der Waals surface area (Å²) in [5, 5.41) is 0. The van der Waals surface area contributed by atoms with Crippen molar-refractivity contribution in [2.75, 3.05) is 17.7 Å². The number of nitrogens with two attached hydrogens (primary N) is 2. The summed E-state index contributed by atoms with van der Waals surface area (Å²) < 4.78 is 5.24. The highest BCUT2D eigenvalue weighted by Gasteiger charge is 2.11. The van der Waals surface area contributed by atoms with Gasteiger partial charge in [0.15, 0.2) is 0 Å². The van der Waals surface area contributed by atoms with Gasteiger partial charge >= 0.3 is 0 Å². The van der Waals surface area contributed by atoms with Crippen molar-refractivity contribution in [1.29, 1.82) is 0 Å². The van der Waals surface area contributed by atoms with Crippen LogP contribution in [0, 0.1) is 0 Å². The molecule has 0 aliphatic carbocycles. The molecule has 0 saturated carbocycles. The SMILES string of the molecule is CN(Cc1ccco1)c1cc(C(N)=O)c(N)cn1. The van der Waals surface area contributed by atoms with Crippen molar-refractivity contribution in [1.82, 2.24) is 4.98 Å². The summed E-state index contributed by atoms with van der Waals surface area (Å²) in [6.45, 7) is 0.544. The highest BCUT2D eigenvalue weighted by atomic mass is 16.3. The van der Waals surface area contributed by atoms with Gasteiger partial charge in [-0.25, -0.2) is 4.98 Å². The molecule has 0 aromatic carbocycles. The van der Waals surface area contributed by atoms with Crippen LogP contribution in [-0.2, 0) is 6.54 Å². The Morgan fingerprint density at radius 2 is 2.33 bits per heavy atom. The number of anilines is 2. The molecule has 1 amide bonds. The molecule has 4 N–H and O–H groups in total. The van der Waals surface area contributed by atoms with E-state index in [2.05, 4.69) is 4.98 Å². The maximum absolute atomic E-state index is 11.2. The zero-order valence-corrected chi connectivity index (χ0v) is 9.96. The van der Waals surface area contributed by atoms with E-state index >= 15 is 0 Å². The van der Waals surface area contributed by atoms with Crippen molar-refractivity contribution in [2.45, 2.75) is 6.54 Å². The molecule has 2 aromatic rings. The van der Waals surface area contributed by atoms with Crippen molar-refractivity contribution in [2.24, 2.45) is 5.73 Å². The van der Waals surface area contributed by atoms with Crippen LogP contribution in [0.3, 0.4) is 0 Å². The van der Waals surface area contributed by atoms with Gasteiger partial charge in [-0.15, -0.1) is 0 Å². The molecule has 0 aliphatic heterocycles. The number of nitrogens with zero attached hydrogens (tertiary/aromatic N) is 2. The Hall–Kier alpha value is -2.50. The zero-order valence-electron chi connectivity index (χ0n) is 9.96. The highest BCUT2D eigenvalue weighted by molar-refractivity contribution is 5.98. The first-order chi connectivity index (χ1) is 8.58. The molecule has 0 radical (unpaired) electrons. The van der Waals surface area contributed by atoms with Crippen molar-refractivity contribution >= 4 is 17.4 Å². The molecule has 0 spiro atoms. The van der Waals surface area contributed by atoms with E-state index in [1.807, 2.05) is 24.1 Å². The summed E-state index contributed by atoms with van der Waals surface area (Å²) in [5.74, 6) is 0.841. The van der Waals surface area contributed by atoms with Gasteiger partial charge in [-0.3, -0.25) is 4.79 Å². The quantitative estimate of drug-likeness (QED) is 0.838. The lowest BCUT2D eigenvalue weighted by molar-refractivity contribution is 0.100. The minimum absolute atomic E-state index is 0.270. The number of carbonyl (C=O) groups excluding carboxylic acids is 1. The number of pyridine rings is 1. The van der Waals surface area contributed by atoms with Crippen molar-refractivity contribution in [3.05, 3.63) is 42.0 Å². The van der Waals surface area contributed by atoms with E-state index in [0.29, 0.717) is 12.4 Å². The van der Waals surface area contributed by atoms with Crippen LogP contribution < -0.4 is 16.4 Å². The predicted molar refractivity (Wildman–Crippen MR) is 68.0 cm³/mol. The summed E-state index contributed by atoms with van der Waals surface area (Å²) in [4.78, 5) is 17.2. The molecule has 0 atom stereocenters. The fourth-order valence-corrected chi connectivity index (χ4v) is 1.59. The minimum Gasteiger partial charge on any atom is -0.467 e. The molecule has 6 heteroatoms. The lowest BCUT2D eigenvalue weighted by Crippen LogP contribution is -2.20. The van der Waals surface area contributed by atoms with Crippen LogP contribution in [0.15, 0.2) is 35.1 Å². The topological polar surface area (TPSA) is 98.4 Å². The van der Waals surface area contributed by atoms with Crippen molar-refractivity contribution < 1.29 is 9.21 Å². The van der Waals surface area contributed by atoms with Gasteiger partial charge in [-0.2, -0.15) is 0 Å². The summed E-state index contributed by atoms with van der Waals surface area (Å²) in [6.07, 6.45) is 3.03. The molecule has 2 rings (SSSR count). The Morgan fingerprint density at radius 1 is 1.56 bits per heavy atom. The van der Waals surface area contributed by atoms with E-state index in [0.717, 1.165) is 5.76 Å². The number of primary amides is 1. The fourth-order valence-electron chi connectivity index (χ4n) is 1.59. The Bertz CT molecular complexity index is 551. The van der Waals surface area contributed by atoms with Crippen LogP contribution in [0.5, 0.6) is 0 Å². The predicted octanol–water partition coefficient (Wildman–Crippen LogP) is 0.992. The van der Waals surface area contributed by atoms with Gasteiger partial charge in [0.25, 0.3) is 5.91 Å². The van der Waals surface area contributed by atoms with Crippen molar-refractivity contribution in [3.63, 3.8) is 0 Å². The monoisotopic (exact) mass is 246 g/mol. The van der Waals surface area contributed by atoms with E-state index in [9.17, 15) is 4.79 Å². The number of nitrogen functional groups attached to an aromatic ring is 1. The second kappa shape index (κ2) is 4.79. The van der Waals surface area contributed by atoms with Crippen molar-refractivity contribution in [3.8, 4) is 0 Å². The molecular weight excluding hydrogens is 232 g/mol. The van der Waals surface area contributed by atoms with Crippen LogP contribution in [-0.4, -0.2) is 17.9 Å². The largest absolute Gasteiger partial charge is 0.467 e. The van der Waals surface area contributed by atoms with Gasteiger partial charge in [0.2, 0.25) is 0 Å². The summed E-state index contributed by atoms with van der Waals surface area (Å²) in [6, 6.07) is 5.25. The Balaban J connectivity index is 2.22. The normalized spacial score (nSPS) is 10.3. The average molecular weight is 246 g/mol. The van der Waals surface area contributed by atoms with Gasteiger partial charge in [-0.05, 0) is 18.2 Å². The van der Waals surface area contributed by atoms with Crippen LogP contribution in [0.4, 0.5) is 11.5 Å². The van der Waals surface area contributed by atoms with E-state index in [1.165, 1.54) is 6.20 Å². The smallest absolute Gasteiger partial charge is 0.250 e. The van der Waals surface area contributed by atoms with Gasteiger partial charge in [0.1, 0.15) is 11.6 Å². The van der Waals surface area contributed by atoms with E-state index in [1.54, 1.807) is 12.3 Å². The molecule has 6 nitrogen and oxygen atoms in total. The number of amides is 1. The van der Waals surface area contributed by atoms with Crippen LogP contribution in [0.2, 0.25) is 0 Å². The first kappa shape index (κ1) is 12.0. The number of aromatic nitrogens is 1. The van der Waals surface area contributed by atoms with E-state index < -0.39 is 5.91 Å².